The van der Waals surface area contributed by atoms with Crippen molar-refractivity contribution in [3.05, 3.63) is 0 Å². The highest BCUT2D eigenvalue weighted by molar-refractivity contribution is 8.13. The first-order valence-corrected chi connectivity index (χ1v) is 8.89. The number of aliphatic imine (C=N–C) groups is 1. The highest BCUT2D eigenvalue weighted by Crippen LogP contribution is 2.16. The number of rotatable bonds is 9. The molecule has 2 amide bonds. The molecule has 0 radical (unpaired) electrons. The molecule has 1 unspecified atom stereocenters. The van der Waals surface area contributed by atoms with Gasteiger partial charge in [-0.3, -0.25) is 9.59 Å². The third-order valence-corrected chi connectivity index (χ3v) is 4.21. The Morgan fingerprint density at radius 1 is 1.10 bits per heavy atom. The summed E-state index contributed by atoms with van der Waals surface area (Å²) in [6, 6.07) is 0. The van der Waals surface area contributed by atoms with Crippen LogP contribution in [0.15, 0.2) is 4.99 Å². The molecule has 1 N–H and O–H groups in total. The van der Waals surface area contributed by atoms with Crippen LogP contribution in [0.3, 0.4) is 0 Å². The van der Waals surface area contributed by atoms with E-state index in [-0.39, 0.29) is 11.8 Å². The van der Waals surface area contributed by atoms with Crippen LogP contribution in [-0.2, 0) is 9.59 Å². The third-order valence-electron chi connectivity index (χ3n) is 3.36. The van der Waals surface area contributed by atoms with Crippen LogP contribution in [-0.4, -0.2) is 47.3 Å². The van der Waals surface area contributed by atoms with Crippen molar-refractivity contribution in [2.24, 2.45) is 10.9 Å². The molecule has 0 aromatic rings. The molecule has 120 valence electrons. The van der Waals surface area contributed by atoms with Gasteiger partial charge in [-0.2, -0.15) is 4.99 Å². The Balaban J connectivity index is 2.43. The van der Waals surface area contributed by atoms with Crippen LogP contribution in [0.4, 0.5) is 0 Å². The van der Waals surface area contributed by atoms with Gasteiger partial charge in [0.2, 0.25) is 5.91 Å². The summed E-state index contributed by atoms with van der Waals surface area (Å²) >= 11 is 1.46. The lowest BCUT2D eigenvalue weighted by atomic mass is 10.0. The summed E-state index contributed by atoms with van der Waals surface area (Å²) in [7, 11) is 0. The van der Waals surface area contributed by atoms with Crippen LogP contribution in [0, 0.1) is 5.92 Å². The van der Waals surface area contributed by atoms with Gasteiger partial charge in [0.25, 0.3) is 5.91 Å². The standard InChI is InChI=1S/C15H27N3O2S/c1-4-7-12-13(19)16-15(17-14(12)20)21-11-10-18(8-5-2)9-6-3/h12H,4-11H2,1-3H3,(H,16,17,19,20). The number of carbonyl (C=O) groups is 2. The van der Waals surface area contributed by atoms with Gasteiger partial charge in [0.15, 0.2) is 5.17 Å². The lowest BCUT2D eigenvalue weighted by Gasteiger charge is -2.22. The minimum Gasteiger partial charge on any atom is -0.304 e. The average molecular weight is 313 g/mol. The van der Waals surface area contributed by atoms with Crippen molar-refractivity contribution in [3.63, 3.8) is 0 Å². The van der Waals surface area contributed by atoms with E-state index in [1.54, 1.807) is 0 Å². The molecule has 5 nitrogen and oxygen atoms in total. The number of amidine groups is 1. The van der Waals surface area contributed by atoms with Crippen molar-refractivity contribution in [2.75, 3.05) is 25.4 Å². The first-order valence-electron chi connectivity index (χ1n) is 7.90. The molecule has 0 aromatic heterocycles. The van der Waals surface area contributed by atoms with Gasteiger partial charge in [0.05, 0.1) is 0 Å². The Hall–Kier alpha value is -0.880. The van der Waals surface area contributed by atoms with Gasteiger partial charge in [-0.25, -0.2) is 0 Å². The zero-order valence-electron chi connectivity index (χ0n) is 13.4. The number of nitrogens with one attached hydrogen (secondary N) is 1. The minimum absolute atomic E-state index is 0.196. The second-order valence-electron chi connectivity index (χ2n) is 5.28. The van der Waals surface area contributed by atoms with Gasteiger partial charge in [-0.15, -0.1) is 0 Å². The number of thioether (sulfide) groups is 1. The Labute approximate surface area is 131 Å². The highest BCUT2D eigenvalue weighted by Gasteiger charge is 2.30. The zero-order chi connectivity index (χ0) is 15.7. The van der Waals surface area contributed by atoms with Crippen LogP contribution in [0.2, 0.25) is 0 Å². The Kier molecular flexibility index (Phi) is 8.61. The fourth-order valence-electron chi connectivity index (χ4n) is 2.36. The third kappa shape index (κ3) is 6.18. The molecule has 0 bridgehead atoms. The summed E-state index contributed by atoms with van der Waals surface area (Å²) < 4.78 is 0. The summed E-state index contributed by atoms with van der Waals surface area (Å²) in [6.45, 7) is 9.44. The van der Waals surface area contributed by atoms with E-state index in [1.807, 2.05) is 6.92 Å². The van der Waals surface area contributed by atoms with Crippen LogP contribution < -0.4 is 5.32 Å². The summed E-state index contributed by atoms with van der Waals surface area (Å²) in [5.74, 6) is -0.235. The fraction of sp³-hybridized carbons (Fsp3) is 0.800. The summed E-state index contributed by atoms with van der Waals surface area (Å²) in [6.07, 6.45) is 3.66. The molecule has 0 saturated carbocycles. The van der Waals surface area contributed by atoms with Gasteiger partial charge in [-0.1, -0.05) is 39.0 Å². The topological polar surface area (TPSA) is 61.8 Å². The summed E-state index contributed by atoms with van der Waals surface area (Å²) in [5, 5.41) is 3.22. The van der Waals surface area contributed by atoms with Crippen molar-refractivity contribution in [1.29, 1.82) is 0 Å². The Morgan fingerprint density at radius 2 is 1.76 bits per heavy atom. The maximum Gasteiger partial charge on any atom is 0.260 e. The van der Waals surface area contributed by atoms with Crippen LogP contribution in [0.1, 0.15) is 46.5 Å². The van der Waals surface area contributed by atoms with E-state index in [9.17, 15) is 9.59 Å². The number of nitrogens with zero attached hydrogens (tertiary/aromatic N) is 2. The number of hydrogen-bond donors (Lipinski definition) is 1. The number of carbonyl (C=O) groups excluding carboxylic acids is 2. The van der Waals surface area contributed by atoms with Crippen LogP contribution >= 0.6 is 11.8 Å². The molecule has 0 aromatic carbocycles. The molecule has 1 atom stereocenters. The second-order valence-corrected chi connectivity index (χ2v) is 6.36. The van der Waals surface area contributed by atoms with E-state index >= 15 is 0 Å². The number of hydrogen-bond acceptors (Lipinski definition) is 4. The molecular formula is C15H27N3O2S. The molecule has 1 rings (SSSR count). The molecule has 6 heteroatoms. The lowest BCUT2D eigenvalue weighted by molar-refractivity contribution is -0.133. The van der Waals surface area contributed by atoms with E-state index in [2.05, 4.69) is 29.1 Å². The summed E-state index contributed by atoms with van der Waals surface area (Å²) in [4.78, 5) is 30.1. The van der Waals surface area contributed by atoms with Gasteiger partial charge >= 0.3 is 0 Å². The molecule has 0 spiro atoms. The molecular weight excluding hydrogens is 286 g/mol. The lowest BCUT2D eigenvalue weighted by Crippen LogP contribution is -2.43. The van der Waals surface area contributed by atoms with E-state index < -0.39 is 5.92 Å². The molecule has 0 fully saturated rings. The molecule has 21 heavy (non-hydrogen) atoms. The molecule has 1 aliphatic rings. The van der Waals surface area contributed by atoms with Crippen LogP contribution in [0.5, 0.6) is 0 Å². The molecule has 1 heterocycles. The fourth-order valence-corrected chi connectivity index (χ4v) is 3.23. The van der Waals surface area contributed by atoms with E-state index in [0.717, 1.165) is 44.6 Å². The van der Waals surface area contributed by atoms with Gasteiger partial charge < -0.3 is 10.2 Å². The molecule has 0 aliphatic carbocycles. The monoisotopic (exact) mass is 313 g/mol. The normalized spacial score (nSPS) is 18.9. The van der Waals surface area contributed by atoms with Crippen LogP contribution in [0.25, 0.3) is 0 Å². The SMILES string of the molecule is CCCC1C(=O)N=C(SCCN(CCC)CCC)NC1=O. The summed E-state index contributed by atoms with van der Waals surface area (Å²) in [5.41, 5.74) is 0. The van der Waals surface area contributed by atoms with Crippen molar-refractivity contribution >= 4 is 28.7 Å². The predicted octanol–water partition coefficient (Wildman–Crippen LogP) is 2.27. The van der Waals surface area contributed by atoms with Gasteiger partial charge in [0, 0.05) is 12.3 Å². The highest BCUT2D eigenvalue weighted by atomic mass is 32.2. The quantitative estimate of drug-likeness (QED) is 0.663. The minimum atomic E-state index is -0.587. The van der Waals surface area contributed by atoms with Crippen molar-refractivity contribution in [3.8, 4) is 0 Å². The predicted molar refractivity (Wildman–Crippen MR) is 88.5 cm³/mol. The Morgan fingerprint density at radius 3 is 2.29 bits per heavy atom. The van der Waals surface area contributed by atoms with E-state index in [4.69, 9.17) is 0 Å². The molecule has 1 aliphatic heterocycles. The van der Waals surface area contributed by atoms with E-state index in [0.29, 0.717) is 11.6 Å². The van der Waals surface area contributed by atoms with Crippen molar-refractivity contribution in [1.82, 2.24) is 10.2 Å². The zero-order valence-corrected chi connectivity index (χ0v) is 14.2. The first-order chi connectivity index (χ1) is 10.1. The smallest absolute Gasteiger partial charge is 0.260 e. The first kappa shape index (κ1) is 18.2. The molecule has 0 saturated heterocycles. The van der Waals surface area contributed by atoms with Crippen molar-refractivity contribution < 1.29 is 9.59 Å². The average Bonchev–Trinajstić information content (AvgIpc) is 2.43. The second kappa shape index (κ2) is 9.95. The Bertz CT molecular complexity index is 379. The maximum absolute atomic E-state index is 11.9. The van der Waals surface area contributed by atoms with Crippen molar-refractivity contribution in [2.45, 2.75) is 46.5 Å². The largest absolute Gasteiger partial charge is 0.304 e. The van der Waals surface area contributed by atoms with E-state index in [1.165, 1.54) is 11.8 Å². The van der Waals surface area contributed by atoms with Gasteiger partial charge in [-0.05, 0) is 32.4 Å². The number of amides is 2. The maximum atomic E-state index is 11.9. The van der Waals surface area contributed by atoms with Gasteiger partial charge in [0.1, 0.15) is 5.92 Å².